The van der Waals surface area contributed by atoms with Gasteiger partial charge in [0.15, 0.2) is 0 Å². The van der Waals surface area contributed by atoms with Crippen molar-refractivity contribution in [2.45, 2.75) is 12.4 Å². The Morgan fingerprint density at radius 2 is 0.769 bits per heavy atom. The molecule has 0 spiro atoms. The molecule has 0 fully saturated rings. The molecule has 0 aromatic heterocycles. The van der Waals surface area contributed by atoms with E-state index in [4.69, 9.17) is 12.8 Å². The first kappa shape index (κ1) is 18.2. The van der Waals surface area contributed by atoms with Gasteiger partial charge in [0.05, 0.1) is 0 Å². The second kappa shape index (κ2) is 6.80. The summed E-state index contributed by atoms with van der Waals surface area (Å²) in [7, 11) is 0. The summed E-state index contributed by atoms with van der Waals surface area (Å²) in [6.07, 6.45) is 1.88. The van der Waals surface area contributed by atoms with Gasteiger partial charge in [-0.15, -0.1) is 0 Å². The SMILES string of the molecule is [C-]#CC(F)(F)F.[C-]#CC(F)(F)F.[Zn+2]. The van der Waals surface area contributed by atoms with E-state index in [9.17, 15) is 26.3 Å². The summed E-state index contributed by atoms with van der Waals surface area (Å²) in [5, 5.41) is 0. The van der Waals surface area contributed by atoms with Crippen LogP contribution in [0.1, 0.15) is 0 Å². The second-order valence-corrected chi connectivity index (χ2v) is 1.25. The van der Waals surface area contributed by atoms with Crippen LogP contribution in [0.3, 0.4) is 0 Å². The van der Waals surface area contributed by atoms with Crippen LogP contribution >= 0.6 is 0 Å². The summed E-state index contributed by atoms with van der Waals surface area (Å²) in [6, 6.07) is 0. The molecule has 0 unspecified atom stereocenters. The minimum absolute atomic E-state index is 0. The summed E-state index contributed by atoms with van der Waals surface area (Å²) in [4.78, 5) is 0. The molecule has 0 saturated carbocycles. The molecule has 0 aliphatic carbocycles. The predicted octanol–water partition coefficient (Wildman–Crippen LogP) is 2.27. The van der Waals surface area contributed by atoms with Gasteiger partial charge in [-0.1, -0.05) is 0 Å². The number of rotatable bonds is 0. The fourth-order valence-electron chi connectivity index (χ4n) is 0. The van der Waals surface area contributed by atoms with Crippen LogP contribution in [0, 0.1) is 24.7 Å². The number of halogens is 6. The molecule has 0 aliphatic heterocycles. The van der Waals surface area contributed by atoms with Crippen molar-refractivity contribution >= 4 is 0 Å². The van der Waals surface area contributed by atoms with E-state index in [1.807, 2.05) is 0 Å². The zero-order chi connectivity index (χ0) is 10.4. The van der Waals surface area contributed by atoms with E-state index in [0.717, 1.165) is 0 Å². The van der Waals surface area contributed by atoms with E-state index in [2.05, 4.69) is 0 Å². The summed E-state index contributed by atoms with van der Waals surface area (Å²) < 4.78 is 62.9. The average molecular weight is 251 g/mol. The van der Waals surface area contributed by atoms with E-state index in [0.29, 0.717) is 11.8 Å². The third kappa shape index (κ3) is 34.7. The molecule has 0 amide bonds. The van der Waals surface area contributed by atoms with Crippen molar-refractivity contribution in [3.63, 3.8) is 0 Å². The van der Waals surface area contributed by atoms with Gasteiger partial charge in [0.25, 0.3) is 0 Å². The molecule has 13 heavy (non-hydrogen) atoms. The Hall–Kier alpha value is -0.677. The molecule has 0 aromatic rings. The summed E-state index contributed by atoms with van der Waals surface area (Å²) in [5.74, 6) is 0.708. The largest absolute Gasteiger partial charge is 2.00 e. The quantitative estimate of drug-likeness (QED) is 0.268. The van der Waals surface area contributed by atoms with E-state index >= 15 is 0 Å². The Morgan fingerprint density at radius 3 is 0.769 bits per heavy atom. The fraction of sp³-hybridized carbons (Fsp3) is 0.333. The van der Waals surface area contributed by atoms with Gasteiger partial charge in [-0.3, -0.25) is 0 Å². The smallest absolute Gasteiger partial charge is 0.685 e. The van der Waals surface area contributed by atoms with E-state index in [-0.39, 0.29) is 19.5 Å². The van der Waals surface area contributed by atoms with Crippen molar-refractivity contribution < 1.29 is 45.8 Å². The van der Waals surface area contributed by atoms with Crippen LogP contribution in [0.2, 0.25) is 0 Å². The maximum atomic E-state index is 10.5. The summed E-state index contributed by atoms with van der Waals surface area (Å²) >= 11 is 0. The van der Waals surface area contributed by atoms with Crippen molar-refractivity contribution in [2.75, 3.05) is 0 Å². The Morgan fingerprint density at radius 1 is 0.692 bits per heavy atom. The molecule has 0 atom stereocenters. The van der Waals surface area contributed by atoms with Gasteiger partial charge in [0.2, 0.25) is 0 Å². The molecule has 0 N–H and O–H groups in total. The standard InChI is InChI=1S/2C3F3.Zn/c2*1-2-3(4,5)6;/q2*-1;+2. The number of hydrogen-bond donors (Lipinski definition) is 0. The van der Waals surface area contributed by atoms with Gasteiger partial charge >= 0.3 is 31.8 Å². The molecule has 68 valence electrons. The van der Waals surface area contributed by atoms with Crippen molar-refractivity contribution in [2.24, 2.45) is 0 Å². The molecule has 0 rings (SSSR count). The van der Waals surface area contributed by atoms with Crippen molar-refractivity contribution in [1.82, 2.24) is 0 Å². The van der Waals surface area contributed by atoms with Crippen LogP contribution < -0.4 is 0 Å². The Balaban J connectivity index is -0.000000143. The molecular formula is C6F6Zn. The average Bonchev–Trinajstić information content (AvgIpc) is 1.86. The van der Waals surface area contributed by atoms with Crippen LogP contribution in [0.4, 0.5) is 26.3 Å². The maximum absolute atomic E-state index is 10.5. The second-order valence-electron chi connectivity index (χ2n) is 1.25. The predicted molar refractivity (Wildman–Crippen MR) is 26.4 cm³/mol. The van der Waals surface area contributed by atoms with Gasteiger partial charge in [0, 0.05) is 0 Å². The van der Waals surface area contributed by atoms with Gasteiger partial charge in [0.1, 0.15) is 0 Å². The van der Waals surface area contributed by atoms with Crippen molar-refractivity contribution in [1.29, 1.82) is 0 Å². The third-order valence-corrected chi connectivity index (χ3v) is 0.283. The molecule has 0 bridgehead atoms. The van der Waals surface area contributed by atoms with Crippen LogP contribution in [-0.4, -0.2) is 12.4 Å². The van der Waals surface area contributed by atoms with Crippen LogP contribution in [0.25, 0.3) is 0 Å². The molecular weight excluding hydrogens is 251 g/mol. The molecule has 0 nitrogen and oxygen atoms in total. The van der Waals surface area contributed by atoms with Gasteiger partial charge in [-0.05, 0) is 0 Å². The summed E-state index contributed by atoms with van der Waals surface area (Å²) in [5.41, 5.74) is 0. The van der Waals surface area contributed by atoms with E-state index in [1.165, 1.54) is 0 Å². The van der Waals surface area contributed by atoms with Crippen LogP contribution in [0.5, 0.6) is 0 Å². The molecule has 0 aromatic carbocycles. The van der Waals surface area contributed by atoms with E-state index in [1.54, 1.807) is 0 Å². The van der Waals surface area contributed by atoms with Gasteiger partial charge in [-0.25, -0.2) is 11.8 Å². The molecule has 0 radical (unpaired) electrons. The molecule has 7 heteroatoms. The zero-order valence-electron chi connectivity index (χ0n) is 5.97. The number of hydrogen-bond acceptors (Lipinski definition) is 0. The van der Waals surface area contributed by atoms with Crippen molar-refractivity contribution in [3.05, 3.63) is 12.8 Å². The topological polar surface area (TPSA) is 0 Å². The van der Waals surface area contributed by atoms with Crippen LogP contribution in [0.15, 0.2) is 0 Å². The fourth-order valence-corrected chi connectivity index (χ4v) is 0. The third-order valence-electron chi connectivity index (χ3n) is 0.283. The first-order chi connectivity index (χ1) is 5.12. The van der Waals surface area contributed by atoms with Gasteiger partial charge < -0.3 is 12.8 Å². The summed E-state index contributed by atoms with van der Waals surface area (Å²) in [6.45, 7) is 0. The van der Waals surface area contributed by atoms with Crippen molar-refractivity contribution in [3.8, 4) is 11.8 Å². The molecule has 0 saturated heterocycles. The zero-order valence-corrected chi connectivity index (χ0v) is 8.94. The minimum atomic E-state index is -4.54. The number of alkyl halides is 6. The maximum Gasteiger partial charge on any atom is 2.00 e. The first-order valence-electron chi connectivity index (χ1n) is 2.13. The van der Waals surface area contributed by atoms with Gasteiger partial charge in [-0.2, -0.15) is 26.3 Å². The monoisotopic (exact) mass is 250 g/mol. The molecule has 0 heterocycles. The Bertz CT molecular complexity index is 175. The minimum Gasteiger partial charge on any atom is -0.685 e. The normalized spacial score (nSPS) is 9.54. The Labute approximate surface area is 83.4 Å². The Kier molecular flexibility index (Phi) is 9.51. The first-order valence-corrected chi connectivity index (χ1v) is 2.13. The molecule has 0 aliphatic rings. The van der Waals surface area contributed by atoms with E-state index < -0.39 is 12.4 Å². The van der Waals surface area contributed by atoms with Crippen LogP contribution in [-0.2, 0) is 19.5 Å².